The van der Waals surface area contributed by atoms with Crippen LogP contribution in [0, 0.1) is 10.1 Å². The van der Waals surface area contributed by atoms with Gasteiger partial charge in [0.25, 0.3) is 5.91 Å². The molecular formula is C22H30N2O5. The maximum Gasteiger partial charge on any atom is 0.330 e. The highest BCUT2D eigenvalue weighted by Gasteiger charge is 2.30. The van der Waals surface area contributed by atoms with Gasteiger partial charge in [-0.25, -0.2) is 4.79 Å². The van der Waals surface area contributed by atoms with Gasteiger partial charge in [-0.15, -0.1) is 0 Å². The first-order valence-corrected chi connectivity index (χ1v) is 9.30. The number of nitrogens with zero attached hydrogens (tertiary/aromatic N) is 1. The normalized spacial score (nSPS) is 12.1. The second-order valence-electron chi connectivity index (χ2n) is 6.27. The number of hydrogen-bond donors (Lipinski definition) is 1. The zero-order chi connectivity index (χ0) is 22.4. The maximum absolute atomic E-state index is 12.3. The molecule has 0 aromatic heterocycles. The smallest absolute Gasteiger partial charge is 0.330 e. The van der Waals surface area contributed by atoms with E-state index in [4.69, 9.17) is 10.1 Å². The van der Waals surface area contributed by atoms with Gasteiger partial charge in [-0.2, -0.15) is 0 Å². The molecule has 1 aromatic rings. The van der Waals surface area contributed by atoms with E-state index >= 15 is 0 Å². The number of benzene rings is 1. The van der Waals surface area contributed by atoms with Gasteiger partial charge in [0, 0.05) is 10.5 Å². The molecule has 0 heterocycles. The van der Waals surface area contributed by atoms with E-state index in [0.29, 0.717) is 5.56 Å². The molecular weight excluding hydrogens is 372 g/mol. The third-order valence-electron chi connectivity index (χ3n) is 3.60. The zero-order valence-corrected chi connectivity index (χ0v) is 17.9. The average Bonchev–Trinajstić information content (AvgIpc) is 2.97. The van der Waals surface area contributed by atoms with Gasteiger partial charge in [0.2, 0.25) is 0 Å². The van der Waals surface area contributed by atoms with Gasteiger partial charge in [0.15, 0.2) is 7.05 Å². The summed E-state index contributed by atoms with van der Waals surface area (Å²) < 4.78 is 4.69. The van der Waals surface area contributed by atoms with Crippen LogP contribution in [-0.2, 0) is 9.53 Å². The molecule has 0 saturated carbocycles. The minimum absolute atomic E-state index is 0.306. The van der Waals surface area contributed by atoms with Gasteiger partial charge in [0.1, 0.15) is 5.54 Å². The summed E-state index contributed by atoms with van der Waals surface area (Å²) in [7, 11) is 2.19. The van der Waals surface area contributed by atoms with Crippen molar-refractivity contribution in [1.82, 2.24) is 5.32 Å². The number of ether oxygens (including phenoxy) is 1. The Bertz CT molecular complexity index is 771. The zero-order valence-electron chi connectivity index (χ0n) is 17.9. The summed E-state index contributed by atoms with van der Waals surface area (Å²) in [6.07, 6.45) is 11.2. The van der Waals surface area contributed by atoms with Crippen LogP contribution in [0.25, 0.3) is 5.57 Å². The molecule has 1 aliphatic carbocycles. The Morgan fingerprint density at radius 3 is 2.21 bits per heavy atom. The number of amides is 1. The third-order valence-corrected chi connectivity index (χ3v) is 3.60. The average molecular weight is 402 g/mol. The lowest BCUT2D eigenvalue weighted by Crippen LogP contribution is -2.50. The van der Waals surface area contributed by atoms with E-state index < -0.39 is 16.4 Å². The summed E-state index contributed by atoms with van der Waals surface area (Å²) in [5.41, 5.74) is 1.61. The summed E-state index contributed by atoms with van der Waals surface area (Å²) in [6, 6.07) is 7.32. The molecule has 0 bridgehead atoms. The van der Waals surface area contributed by atoms with E-state index in [1.807, 2.05) is 44.2 Å². The number of nitro groups is 1. The van der Waals surface area contributed by atoms with Crippen LogP contribution in [0.5, 0.6) is 0 Å². The fourth-order valence-electron chi connectivity index (χ4n) is 2.27. The molecule has 1 aliphatic rings. The second-order valence-corrected chi connectivity index (χ2v) is 6.27. The fourth-order valence-corrected chi connectivity index (χ4v) is 2.27. The Labute approximate surface area is 172 Å². The highest BCUT2D eigenvalue weighted by Crippen LogP contribution is 2.19. The Morgan fingerprint density at radius 2 is 1.69 bits per heavy atom. The first-order valence-electron chi connectivity index (χ1n) is 9.30. The molecule has 0 radical (unpaired) electrons. The number of carbonyl (C=O) groups is 2. The van der Waals surface area contributed by atoms with E-state index in [2.05, 4.69) is 22.2 Å². The summed E-state index contributed by atoms with van der Waals surface area (Å²) in [5.74, 6) is -0.789. The van der Waals surface area contributed by atoms with Crippen molar-refractivity contribution in [3.05, 3.63) is 75.9 Å². The quantitative estimate of drug-likeness (QED) is 0.463. The van der Waals surface area contributed by atoms with Gasteiger partial charge in [-0.05, 0) is 43.5 Å². The van der Waals surface area contributed by atoms with Crippen LogP contribution >= 0.6 is 0 Å². The Kier molecular flexibility index (Phi) is 11.6. The minimum Gasteiger partial charge on any atom is -0.467 e. The number of rotatable bonds is 4. The molecule has 7 heteroatoms. The number of carbonyl (C=O) groups excluding carboxylic acids is 2. The van der Waals surface area contributed by atoms with Crippen molar-refractivity contribution in [2.45, 2.75) is 39.7 Å². The molecule has 0 aliphatic heterocycles. The number of allylic oxidation sites excluding steroid dienone is 6. The van der Waals surface area contributed by atoms with Crippen LogP contribution in [0.3, 0.4) is 0 Å². The van der Waals surface area contributed by atoms with Crippen LogP contribution in [0.4, 0.5) is 0 Å². The monoisotopic (exact) mass is 402 g/mol. The van der Waals surface area contributed by atoms with E-state index in [9.17, 15) is 9.59 Å². The first kappa shape index (κ1) is 25.8. The Morgan fingerprint density at radius 1 is 1.14 bits per heavy atom. The van der Waals surface area contributed by atoms with Crippen molar-refractivity contribution in [2.24, 2.45) is 0 Å². The number of esters is 1. The van der Waals surface area contributed by atoms with Crippen molar-refractivity contribution < 1.29 is 19.2 Å². The summed E-state index contributed by atoms with van der Waals surface area (Å²) in [5, 5.41) is 11.5. The Balaban J connectivity index is 0.00000116. The van der Waals surface area contributed by atoms with E-state index in [-0.39, 0.29) is 5.91 Å². The fraction of sp³-hybridized carbons (Fsp3) is 0.364. The predicted octanol–water partition coefficient (Wildman–Crippen LogP) is 4.19. The molecule has 1 N–H and O–H groups in total. The lowest BCUT2D eigenvalue weighted by Gasteiger charge is -2.23. The second kappa shape index (κ2) is 13.0. The Hall–Kier alpha value is -3.22. The van der Waals surface area contributed by atoms with Crippen molar-refractivity contribution in [3.8, 4) is 0 Å². The summed E-state index contributed by atoms with van der Waals surface area (Å²) in [6.45, 7) is 7.22. The molecule has 0 unspecified atom stereocenters. The molecule has 158 valence electrons. The van der Waals surface area contributed by atoms with Gasteiger partial charge >= 0.3 is 5.97 Å². The predicted molar refractivity (Wildman–Crippen MR) is 115 cm³/mol. The highest BCUT2D eigenvalue weighted by atomic mass is 16.6. The number of methoxy groups -OCH3 is 1. The molecule has 0 fully saturated rings. The number of nitrogens with one attached hydrogen (secondary N) is 1. The molecule has 0 atom stereocenters. The standard InChI is InChI=1S/C19H21NO3.C2H6.CH3NO2/c1-19(2,18(22)23-3)20-17(21)16-12-10-15(11-13-16)14-8-6-4-5-7-9-14;1-2;1-2(3)4/h4-6,8-13H,7H2,1-3H3,(H,20,21);1-2H3;1H3. The topological polar surface area (TPSA) is 98.5 Å². The van der Waals surface area contributed by atoms with Gasteiger partial charge in [-0.3, -0.25) is 14.9 Å². The van der Waals surface area contributed by atoms with Gasteiger partial charge in [0.05, 0.1) is 7.11 Å². The van der Waals surface area contributed by atoms with Crippen molar-refractivity contribution in [1.29, 1.82) is 0 Å². The molecule has 1 amide bonds. The van der Waals surface area contributed by atoms with Crippen LogP contribution in [0.2, 0.25) is 0 Å². The van der Waals surface area contributed by atoms with E-state index in [0.717, 1.165) is 24.6 Å². The highest BCUT2D eigenvalue weighted by molar-refractivity contribution is 5.98. The summed E-state index contributed by atoms with van der Waals surface area (Å²) in [4.78, 5) is 32.2. The van der Waals surface area contributed by atoms with E-state index in [1.165, 1.54) is 7.11 Å². The van der Waals surface area contributed by atoms with Crippen molar-refractivity contribution in [3.63, 3.8) is 0 Å². The lowest BCUT2D eigenvalue weighted by molar-refractivity contribution is -0.445. The molecule has 0 saturated heterocycles. The summed E-state index contributed by atoms with van der Waals surface area (Å²) >= 11 is 0. The third kappa shape index (κ3) is 9.51. The molecule has 1 aromatic carbocycles. The maximum atomic E-state index is 12.3. The molecule has 7 nitrogen and oxygen atoms in total. The molecule has 29 heavy (non-hydrogen) atoms. The van der Waals surface area contributed by atoms with Crippen LogP contribution in [-0.4, -0.2) is 36.5 Å². The molecule has 2 rings (SSSR count). The van der Waals surface area contributed by atoms with Gasteiger partial charge in [-0.1, -0.05) is 56.4 Å². The van der Waals surface area contributed by atoms with Crippen molar-refractivity contribution in [2.75, 3.05) is 14.2 Å². The lowest BCUT2D eigenvalue weighted by atomic mass is 10.0. The van der Waals surface area contributed by atoms with Crippen LogP contribution in [0.15, 0.2) is 54.6 Å². The minimum atomic E-state index is -1.07. The van der Waals surface area contributed by atoms with Crippen LogP contribution < -0.4 is 5.32 Å². The van der Waals surface area contributed by atoms with Gasteiger partial charge < -0.3 is 10.1 Å². The molecule has 0 spiro atoms. The number of hydrogen-bond acceptors (Lipinski definition) is 5. The van der Waals surface area contributed by atoms with E-state index in [1.54, 1.807) is 26.0 Å². The first-order chi connectivity index (χ1) is 13.7. The van der Waals surface area contributed by atoms with Crippen LogP contribution in [0.1, 0.15) is 50.0 Å². The largest absolute Gasteiger partial charge is 0.467 e. The SMILES string of the molecule is CC.COC(=O)C(C)(C)NC(=O)c1ccc(C2=CCC=CC=C2)cc1.C[N+](=O)[O-]. The van der Waals surface area contributed by atoms with Crippen molar-refractivity contribution >= 4 is 17.4 Å².